The molecule has 0 radical (unpaired) electrons. The average molecular weight is 350 g/mol. The van der Waals surface area contributed by atoms with Crippen molar-refractivity contribution in [3.05, 3.63) is 29.3 Å². The molecule has 25 heavy (non-hydrogen) atoms. The number of nitrogens with zero attached hydrogens (tertiary/aromatic N) is 1. The SMILES string of the molecule is CN=C(NCCNC(=O)OC(C)(C)C)NCc1ccc(C)c(OC)c1. The van der Waals surface area contributed by atoms with Crippen molar-refractivity contribution in [1.82, 2.24) is 16.0 Å². The molecule has 0 spiro atoms. The summed E-state index contributed by atoms with van der Waals surface area (Å²) in [4.78, 5) is 15.7. The zero-order valence-electron chi connectivity index (χ0n) is 16.0. The highest BCUT2D eigenvalue weighted by atomic mass is 16.6. The molecule has 0 saturated heterocycles. The fourth-order valence-electron chi connectivity index (χ4n) is 2.04. The number of carbonyl (C=O) groups excluding carboxylic acids is 1. The number of amides is 1. The molecule has 7 nitrogen and oxygen atoms in total. The minimum absolute atomic E-state index is 0.427. The van der Waals surface area contributed by atoms with Crippen molar-refractivity contribution in [2.75, 3.05) is 27.2 Å². The Balaban J connectivity index is 2.35. The second-order valence-electron chi connectivity index (χ2n) is 6.59. The summed E-state index contributed by atoms with van der Waals surface area (Å²) < 4.78 is 10.5. The number of rotatable bonds is 6. The van der Waals surface area contributed by atoms with E-state index >= 15 is 0 Å². The largest absolute Gasteiger partial charge is 0.496 e. The Morgan fingerprint density at radius 2 is 1.84 bits per heavy atom. The van der Waals surface area contributed by atoms with Crippen molar-refractivity contribution in [1.29, 1.82) is 0 Å². The van der Waals surface area contributed by atoms with Gasteiger partial charge in [0, 0.05) is 26.7 Å². The molecule has 0 aromatic heterocycles. The zero-order valence-corrected chi connectivity index (χ0v) is 16.0. The van der Waals surface area contributed by atoms with Crippen molar-refractivity contribution in [3.63, 3.8) is 0 Å². The van der Waals surface area contributed by atoms with E-state index in [1.54, 1.807) is 14.2 Å². The molecule has 0 unspecified atom stereocenters. The van der Waals surface area contributed by atoms with E-state index in [0.29, 0.717) is 25.6 Å². The lowest BCUT2D eigenvalue weighted by molar-refractivity contribution is 0.0529. The number of hydrogen-bond acceptors (Lipinski definition) is 4. The van der Waals surface area contributed by atoms with Gasteiger partial charge in [0.2, 0.25) is 0 Å². The first-order chi connectivity index (χ1) is 11.7. The molecule has 7 heteroatoms. The van der Waals surface area contributed by atoms with Crippen LogP contribution in [0.2, 0.25) is 0 Å². The average Bonchev–Trinajstić information content (AvgIpc) is 2.53. The Morgan fingerprint density at radius 1 is 1.16 bits per heavy atom. The number of guanidine groups is 1. The Labute approximate surface area is 150 Å². The molecular weight excluding hydrogens is 320 g/mol. The van der Waals surface area contributed by atoms with Gasteiger partial charge in [-0.2, -0.15) is 0 Å². The third-order valence-electron chi connectivity index (χ3n) is 3.24. The maximum atomic E-state index is 11.6. The molecule has 1 aromatic rings. The Hall–Kier alpha value is -2.44. The number of nitrogens with one attached hydrogen (secondary N) is 3. The predicted octanol–water partition coefficient (Wildman–Crippen LogP) is 2.19. The van der Waals surface area contributed by atoms with Crippen molar-refractivity contribution in [2.45, 2.75) is 39.8 Å². The fourth-order valence-corrected chi connectivity index (χ4v) is 2.04. The van der Waals surface area contributed by atoms with Gasteiger partial charge in [-0.15, -0.1) is 0 Å². The molecule has 0 saturated carbocycles. The van der Waals surface area contributed by atoms with E-state index in [-0.39, 0.29) is 0 Å². The van der Waals surface area contributed by atoms with Gasteiger partial charge in [-0.3, -0.25) is 4.99 Å². The van der Waals surface area contributed by atoms with Gasteiger partial charge >= 0.3 is 6.09 Å². The molecule has 0 aliphatic carbocycles. The standard InChI is InChI=1S/C18H30N4O3/c1-13-7-8-14(11-15(13)24-6)12-22-16(19-5)20-9-10-21-17(23)25-18(2,3)4/h7-8,11H,9-10,12H2,1-6H3,(H,21,23)(H2,19,20,22). The molecule has 0 heterocycles. The topological polar surface area (TPSA) is 84.0 Å². The lowest BCUT2D eigenvalue weighted by Crippen LogP contribution is -2.42. The first-order valence-corrected chi connectivity index (χ1v) is 8.30. The Kier molecular flexibility index (Phi) is 8.04. The van der Waals surface area contributed by atoms with Crippen LogP contribution in [0.4, 0.5) is 4.79 Å². The van der Waals surface area contributed by atoms with Gasteiger partial charge in [0.1, 0.15) is 11.4 Å². The molecule has 0 aliphatic rings. The van der Waals surface area contributed by atoms with Crippen molar-refractivity contribution in [3.8, 4) is 5.75 Å². The van der Waals surface area contributed by atoms with Crippen LogP contribution in [-0.2, 0) is 11.3 Å². The molecule has 0 bridgehead atoms. The van der Waals surface area contributed by atoms with Crippen LogP contribution in [-0.4, -0.2) is 44.9 Å². The Bertz CT molecular complexity index is 594. The van der Waals surface area contributed by atoms with Crippen LogP contribution in [0.15, 0.2) is 23.2 Å². The summed E-state index contributed by atoms with van der Waals surface area (Å²) >= 11 is 0. The highest BCUT2D eigenvalue weighted by Crippen LogP contribution is 2.18. The van der Waals surface area contributed by atoms with Gasteiger partial charge in [-0.05, 0) is 44.9 Å². The van der Waals surface area contributed by atoms with Crippen molar-refractivity contribution >= 4 is 12.1 Å². The first kappa shape index (κ1) is 20.6. The Morgan fingerprint density at radius 3 is 2.44 bits per heavy atom. The monoisotopic (exact) mass is 350 g/mol. The van der Waals surface area contributed by atoms with Crippen molar-refractivity contribution in [2.24, 2.45) is 4.99 Å². The van der Waals surface area contributed by atoms with Crippen LogP contribution in [0.25, 0.3) is 0 Å². The van der Waals surface area contributed by atoms with Gasteiger partial charge in [0.15, 0.2) is 5.96 Å². The lowest BCUT2D eigenvalue weighted by atomic mass is 10.1. The van der Waals surface area contributed by atoms with Gasteiger partial charge in [-0.1, -0.05) is 12.1 Å². The van der Waals surface area contributed by atoms with Gasteiger partial charge in [0.25, 0.3) is 0 Å². The maximum Gasteiger partial charge on any atom is 0.407 e. The number of aryl methyl sites for hydroxylation is 1. The van der Waals surface area contributed by atoms with Crippen LogP contribution in [0.3, 0.4) is 0 Å². The van der Waals surface area contributed by atoms with E-state index < -0.39 is 11.7 Å². The molecule has 1 amide bonds. The summed E-state index contributed by atoms with van der Waals surface area (Å²) in [6.07, 6.45) is -0.427. The van der Waals surface area contributed by atoms with Crippen molar-refractivity contribution < 1.29 is 14.3 Å². The molecule has 1 rings (SSSR count). The second-order valence-corrected chi connectivity index (χ2v) is 6.59. The molecule has 3 N–H and O–H groups in total. The third-order valence-corrected chi connectivity index (χ3v) is 3.24. The highest BCUT2D eigenvalue weighted by molar-refractivity contribution is 5.79. The molecule has 140 valence electrons. The number of alkyl carbamates (subject to hydrolysis) is 1. The number of benzene rings is 1. The van der Waals surface area contributed by atoms with Crippen LogP contribution in [0, 0.1) is 6.92 Å². The van der Waals surface area contributed by atoms with E-state index in [4.69, 9.17) is 9.47 Å². The third kappa shape index (κ3) is 8.28. The van der Waals surface area contributed by atoms with E-state index in [2.05, 4.69) is 20.9 Å². The number of methoxy groups -OCH3 is 1. The summed E-state index contributed by atoms with van der Waals surface area (Å²) in [5.74, 6) is 1.52. The van der Waals surface area contributed by atoms with Gasteiger partial charge in [-0.25, -0.2) is 4.79 Å². The molecule has 0 atom stereocenters. The quantitative estimate of drug-likeness (QED) is 0.416. The summed E-state index contributed by atoms with van der Waals surface area (Å²) in [7, 11) is 3.37. The fraction of sp³-hybridized carbons (Fsp3) is 0.556. The maximum absolute atomic E-state index is 11.6. The van der Waals surface area contributed by atoms with Crippen LogP contribution < -0.4 is 20.7 Å². The number of ether oxygens (including phenoxy) is 2. The summed E-state index contributed by atoms with van der Waals surface area (Å²) in [6.45, 7) is 9.10. The molecule has 1 aromatic carbocycles. The van der Waals surface area contributed by atoms with Crippen LogP contribution in [0.1, 0.15) is 31.9 Å². The normalized spacial score (nSPS) is 11.7. The van der Waals surface area contributed by atoms with Gasteiger partial charge < -0.3 is 25.4 Å². The van der Waals surface area contributed by atoms with E-state index in [1.807, 2.05) is 45.9 Å². The molecule has 0 aliphatic heterocycles. The molecule has 0 fully saturated rings. The minimum Gasteiger partial charge on any atom is -0.496 e. The summed E-state index contributed by atoms with van der Waals surface area (Å²) in [5, 5.41) is 9.05. The summed E-state index contributed by atoms with van der Waals surface area (Å²) in [6, 6.07) is 6.07. The number of carbonyl (C=O) groups is 1. The second kappa shape index (κ2) is 9.76. The number of aliphatic imine (C=N–C) groups is 1. The smallest absolute Gasteiger partial charge is 0.407 e. The summed E-state index contributed by atoms with van der Waals surface area (Å²) in [5.41, 5.74) is 1.70. The van der Waals surface area contributed by atoms with E-state index in [1.165, 1.54) is 0 Å². The zero-order chi connectivity index (χ0) is 18.9. The highest BCUT2D eigenvalue weighted by Gasteiger charge is 2.15. The van der Waals surface area contributed by atoms with Gasteiger partial charge in [0.05, 0.1) is 7.11 Å². The predicted molar refractivity (Wildman–Crippen MR) is 100 cm³/mol. The van der Waals surface area contributed by atoms with E-state index in [0.717, 1.165) is 16.9 Å². The first-order valence-electron chi connectivity index (χ1n) is 8.30. The van der Waals surface area contributed by atoms with Crippen LogP contribution in [0.5, 0.6) is 5.75 Å². The number of hydrogen-bond donors (Lipinski definition) is 3. The van der Waals surface area contributed by atoms with Crippen LogP contribution >= 0.6 is 0 Å². The van der Waals surface area contributed by atoms with E-state index in [9.17, 15) is 4.79 Å². The molecular formula is C18H30N4O3. The minimum atomic E-state index is -0.496. The lowest BCUT2D eigenvalue weighted by Gasteiger charge is -2.20.